The van der Waals surface area contributed by atoms with Crippen molar-refractivity contribution in [2.75, 3.05) is 0 Å². The standard InChI is InChI=1S/C14H25N/c1-10(2)12(5)13(14(6,7)8)9-15-11(3)4/h9-10H,3H2,1-2,4-8H3/b13-12-,15-9?. The minimum atomic E-state index is 0.146. The van der Waals surface area contributed by atoms with E-state index in [-0.39, 0.29) is 5.41 Å². The van der Waals surface area contributed by atoms with E-state index in [9.17, 15) is 0 Å². The van der Waals surface area contributed by atoms with Crippen LogP contribution in [0.15, 0.2) is 28.4 Å². The first-order valence-electron chi connectivity index (χ1n) is 5.57. The van der Waals surface area contributed by atoms with Gasteiger partial charge in [-0.15, -0.1) is 0 Å². The molecule has 15 heavy (non-hydrogen) atoms. The van der Waals surface area contributed by atoms with Crippen molar-refractivity contribution in [2.45, 2.75) is 48.5 Å². The number of rotatable bonds is 3. The molecule has 0 saturated heterocycles. The van der Waals surface area contributed by atoms with E-state index in [1.807, 2.05) is 13.1 Å². The van der Waals surface area contributed by atoms with E-state index in [0.29, 0.717) is 5.92 Å². The second-order valence-electron chi connectivity index (χ2n) is 5.49. The number of aliphatic imine (C=N–C) groups is 1. The normalized spacial score (nSPS) is 14.7. The van der Waals surface area contributed by atoms with Crippen LogP contribution >= 0.6 is 0 Å². The molecule has 0 radical (unpaired) electrons. The van der Waals surface area contributed by atoms with Crippen LogP contribution in [0, 0.1) is 11.3 Å². The second-order valence-corrected chi connectivity index (χ2v) is 5.49. The summed E-state index contributed by atoms with van der Waals surface area (Å²) in [6.45, 7) is 19.0. The Morgan fingerprint density at radius 2 is 1.67 bits per heavy atom. The molecule has 0 heterocycles. The van der Waals surface area contributed by atoms with E-state index in [0.717, 1.165) is 5.70 Å². The Balaban J connectivity index is 5.26. The highest BCUT2D eigenvalue weighted by molar-refractivity contribution is 5.82. The van der Waals surface area contributed by atoms with Crippen molar-refractivity contribution in [2.24, 2.45) is 16.3 Å². The molecular weight excluding hydrogens is 182 g/mol. The Labute approximate surface area is 95.0 Å². The Hall–Kier alpha value is -0.850. The van der Waals surface area contributed by atoms with Crippen LogP contribution in [-0.2, 0) is 0 Å². The fourth-order valence-electron chi connectivity index (χ4n) is 1.37. The summed E-state index contributed by atoms with van der Waals surface area (Å²) in [6.07, 6.45) is 1.97. The van der Waals surface area contributed by atoms with E-state index in [4.69, 9.17) is 0 Å². The highest BCUT2D eigenvalue weighted by atomic mass is 14.7. The summed E-state index contributed by atoms with van der Waals surface area (Å²) in [4.78, 5) is 4.32. The highest BCUT2D eigenvalue weighted by Crippen LogP contribution is 2.29. The third-order valence-corrected chi connectivity index (χ3v) is 2.51. The van der Waals surface area contributed by atoms with Crippen LogP contribution < -0.4 is 0 Å². The topological polar surface area (TPSA) is 12.4 Å². The van der Waals surface area contributed by atoms with Gasteiger partial charge in [0.1, 0.15) is 0 Å². The largest absolute Gasteiger partial charge is 0.262 e. The molecule has 1 heteroatoms. The van der Waals surface area contributed by atoms with Gasteiger partial charge in [-0.05, 0) is 30.8 Å². The fraction of sp³-hybridized carbons (Fsp3) is 0.643. The van der Waals surface area contributed by atoms with Crippen LogP contribution in [0.4, 0.5) is 0 Å². The molecule has 0 unspecified atom stereocenters. The zero-order valence-corrected chi connectivity index (χ0v) is 11.3. The van der Waals surface area contributed by atoms with Gasteiger partial charge >= 0.3 is 0 Å². The first kappa shape index (κ1) is 14.2. The Morgan fingerprint density at radius 1 is 1.20 bits per heavy atom. The van der Waals surface area contributed by atoms with Gasteiger partial charge in [-0.2, -0.15) is 0 Å². The molecule has 0 aliphatic carbocycles. The minimum absolute atomic E-state index is 0.146. The lowest BCUT2D eigenvalue weighted by atomic mass is 9.81. The molecule has 0 atom stereocenters. The van der Waals surface area contributed by atoms with E-state index in [1.54, 1.807) is 0 Å². The lowest BCUT2D eigenvalue weighted by Crippen LogP contribution is -2.14. The van der Waals surface area contributed by atoms with Gasteiger partial charge in [0, 0.05) is 11.9 Å². The molecule has 0 bridgehead atoms. The molecule has 0 aliphatic rings. The first-order chi connectivity index (χ1) is 6.66. The Bertz CT molecular complexity index is 285. The summed E-state index contributed by atoms with van der Waals surface area (Å²) in [5.41, 5.74) is 3.73. The average Bonchev–Trinajstić information content (AvgIpc) is 2.00. The van der Waals surface area contributed by atoms with Gasteiger partial charge in [0.15, 0.2) is 0 Å². The SMILES string of the molecule is C=C(C)N=C/C(=C(\C)C(C)C)C(C)(C)C. The average molecular weight is 207 g/mol. The highest BCUT2D eigenvalue weighted by Gasteiger charge is 2.18. The number of nitrogens with zero attached hydrogens (tertiary/aromatic N) is 1. The number of hydrogen-bond donors (Lipinski definition) is 0. The van der Waals surface area contributed by atoms with Gasteiger partial charge in [-0.3, -0.25) is 4.99 Å². The van der Waals surface area contributed by atoms with Crippen molar-refractivity contribution < 1.29 is 0 Å². The predicted molar refractivity (Wildman–Crippen MR) is 70.3 cm³/mol. The lowest BCUT2D eigenvalue weighted by molar-refractivity contribution is 0.513. The molecule has 0 N–H and O–H groups in total. The maximum atomic E-state index is 4.32. The third kappa shape index (κ3) is 4.96. The third-order valence-electron chi connectivity index (χ3n) is 2.51. The van der Waals surface area contributed by atoms with Gasteiger partial charge in [0.25, 0.3) is 0 Å². The molecule has 0 fully saturated rings. The van der Waals surface area contributed by atoms with Gasteiger partial charge in [0.2, 0.25) is 0 Å². The van der Waals surface area contributed by atoms with Crippen LogP contribution in [0.3, 0.4) is 0 Å². The summed E-state index contributed by atoms with van der Waals surface area (Å²) in [7, 11) is 0. The van der Waals surface area contributed by atoms with Crippen LogP contribution in [0.1, 0.15) is 48.5 Å². The van der Waals surface area contributed by atoms with Crippen molar-refractivity contribution >= 4 is 6.21 Å². The van der Waals surface area contributed by atoms with Crippen LogP contribution in [0.5, 0.6) is 0 Å². The monoisotopic (exact) mass is 207 g/mol. The first-order valence-corrected chi connectivity index (χ1v) is 5.57. The molecular formula is C14H25N. The minimum Gasteiger partial charge on any atom is -0.262 e. The van der Waals surface area contributed by atoms with Crippen molar-refractivity contribution in [3.63, 3.8) is 0 Å². The zero-order chi connectivity index (χ0) is 12.2. The smallest absolute Gasteiger partial charge is 0.0307 e. The van der Waals surface area contributed by atoms with Crippen LogP contribution in [-0.4, -0.2) is 6.21 Å². The molecule has 0 saturated carbocycles. The van der Waals surface area contributed by atoms with E-state index >= 15 is 0 Å². The summed E-state index contributed by atoms with van der Waals surface area (Å²) in [6, 6.07) is 0. The maximum absolute atomic E-state index is 4.32. The van der Waals surface area contributed by atoms with Gasteiger partial charge in [-0.1, -0.05) is 46.8 Å². The summed E-state index contributed by atoms with van der Waals surface area (Å²) >= 11 is 0. The van der Waals surface area contributed by atoms with Crippen molar-refractivity contribution in [3.8, 4) is 0 Å². The second kappa shape index (κ2) is 5.29. The zero-order valence-electron chi connectivity index (χ0n) is 11.3. The molecule has 0 aromatic carbocycles. The van der Waals surface area contributed by atoms with E-state index < -0.39 is 0 Å². The van der Waals surface area contributed by atoms with Crippen molar-refractivity contribution in [1.29, 1.82) is 0 Å². The van der Waals surface area contributed by atoms with Crippen molar-refractivity contribution in [3.05, 3.63) is 23.4 Å². The number of hydrogen-bond acceptors (Lipinski definition) is 1. The predicted octanol–water partition coefficient (Wildman–Crippen LogP) is 4.61. The van der Waals surface area contributed by atoms with Gasteiger partial charge < -0.3 is 0 Å². The molecule has 0 amide bonds. The summed E-state index contributed by atoms with van der Waals surface area (Å²) in [5.74, 6) is 0.566. The van der Waals surface area contributed by atoms with Crippen molar-refractivity contribution in [1.82, 2.24) is 0 Å². The lowest BCUT2D eigenvalue weighted by Gasteiger charge is -2.24. The van der Waals surface area contributed by atoms with Gasteiger partial charge in [-0.25, -0.2) is 0 Å². The summed E-state index contributed by atoms with van der Waals surface area (Å²) < 4.78 is 0. The summed E-state index contributed by atoms with van der Waals surface area (Å²) in [5, 5.41) is 0. The van der Waals surface area contributed by atoms with Gasteiger partial charge in [0.05, 0.1) is 0 Å². The molecule has 0 aromatic rings. The number of allylic oxidation sites excluding steroid dienone is 3. The quantitative estimate of drug-likeness (QED) is 0.599. The molecule has 1 nitrogen and oxygen atoms in total. The maximum Gasteiger partial charge on any atom is 0.0307 e. The van der Waals surface area contributed by atoms with E-state index in [2.05, 4.69) is 53.1 Å². The Kier molecular flexibility index (Phi) is 4.99. The molecule has 0 aliphatic heterocycles. The molecule has 0 spiro atoms. The fourth-order valence-corrected chi connectivity index (χ4v) is 1.37. The van der Waals surface area contributed by atoms with Crippen LogP contribution in [0.25, 0.3) is 0 Å². The van der Waals surface area contributed by atoms with Crippen LogP contribution in [0.2, 0.25) is 0 Å². The molecule has 0 rings (SSSR count). The molecule has 0 aromatic heterocycles. The van der Waals surface area contributed by atoms with E-state index in [1.165, 1.54) is 11.1 Å². The molecule has 86 valence electrons. The Morgan fingerprint density at radius 3 is 1.93 bits per heavy atom.